The second-order valence-electron chi connectivity index (χ2n) is 5.48. The van der Waals surface area contributed by atoms with E-state index in [1.807, 2.05) is 24.3 Å². The largest absolute Gasteiger partial charge is 0.357 e. The van der Waals surface area contributed by atoms with Gasteiger partial charge in [-0.15, -0.1) is 24.0 Å². The van der Waals surface area contributed by atoms with E-state index in [0.717, 1.165) is 49.1 Å². The molecule has 0 aliphatic carbocycles. The number of aliphatic imine (C=N–C) groups is 1. The molecule has 0 fully saturated rings. The third kappa shape index (κ3) is 10.4. The van der Waals surface area contributed by atoms with Crippen molar-refractivity contribution in [3.05, 3.63) is 34.9 Å². The number of hydrogen-bond donors (Lipinski definition) is 2. The van der Waals surface area contributed by atoms with Gasteiger partial charge in [-0.3, -0.25) is 0 Å². The molecule has 2 N–H and O–H groups in total. The molecule has 0 aliphatic rings. The molecular weight excluding hydrogens is 435 g/mol. The minimum atomic E-state index is 0. The summed E-state index contributed by atoms with van der Waals surface area (Å²) >= 11 is 5.90. The number of nitrogens with zero attached hydrogens (tertiary/aromatic N) is 2. The summed E-state index contributed by atoms with van der Waals surface area (Å²) in [7, 11) is 0. The molecule has 1 rings (SSSR count). The quantitative estimate of drug-likeness (QED) is 0.236. The summed E-state index contributed by atoms with van der Waals surface area (Å²) in [6, 6.07) is 7.83. The molecule has 1 aromatic carbocycles. The highest BCUT2D eigenvalue weighted by atomic mass is 127. The summed E-state index contributed by atoms with van der Waals surface area (Å²) in [6.45, 7) is 12.4. The van der Waals surface area contributed by atoms with Crippen molar-refractivity contribution in [3.8, 4) is 0 Å². The molecule has 0 aromatic heterocycles. The summed E-state index contributed by atoms with van der Waals surface area (Å²) < 4.78 is 0. The van der Waals surface area contributed by atoms with Gasteiger partial charge in [0.1, 0.15) is 0 Å². The lowest BCUT2D eigenvalue weighted by Crippen LogP contribution is -2.38. The maximum atomic E-state index is 5.90. The first-order valence-corrected chi connectivity index (χ1v) is 9.06. The second-order valence-corrected chi connectivity index (χ2v) is 5.92. The summed E-state index contributed by atoms with van der Waals surface area (Å²) in [6.07, 6.45) is 2.37. The monoisotopic (exact) mass is 466 g/mol. The van der Waals surface area contributed by atoms with Gasteiger partial charge in [0, 0.05) is 18.1 Å². The fraction of sp³-hybridized carbons (Fsp3) is 0.611. The number of guanidine groups is 1. The molecule has 0 bridgehead atoms. The zero-order valence-electron chi connectivity index (χ0n) is 15.1. The maximum absolute atomic E-state index is 5.90. The molecular formula is C18H32ClIN4. The molecule has 0 saturated heterocycles. The molecule has 1 aromatic rings. The summed E-state index contributed by atoms with van der Waals surface area (Å²) in [5, 5.41) is 7.46. The fourth-order valence-electron chi connectivity index (χ4n) is 2.31. The Kier molecular flexibility index (Phi) is 14.5. The van der Waals surface area contributed by atoms with Gasteiger partial charge >= 0.3 is 0 Å². The number of benzene rings is 1. The lowest BCUT2D eigenvalue weighted by Gasteiger charge is -2.18. The highest BCUT2D eigenvalue weighted by molar-refractivity contribution is 14.0. The predicted octanol–water partition coefficient (Wildman–Crippen LogP) is 4.14. The predicted molar refractivity (Wildman–Crippen MR) is 117 cm³/mol. The Hall–Kier alpha value is -0.530. The van der Waals surface area contributed by atoms with Crippen LogP contribution in [0, 0.1) is 0 Å². The van der Waals surface area contributed by atoms with Gasteiger partial charge in [-0.05, 0) is 57.1 Å². The van der Waals surface area contributed by atoms with E-state index in [9.17, 15) is 0 Å². The Labute approximate surface area is 169 Å². The van der Waals surface area contributed by atoms with E-state index < -0.39 is 0 Å². The standard InChI is InChI=1S/C18H31ClN4.HI/c1-4-20-18(21-13-7-8-14-23(5-2)6-3)22-15-16-9-11-17(19)12-10-16;/h9-12H,4-8,13-15H2,1-3H3,(H2,20,21,22);1H. The minimum absolute atomic E-state index is 0. The van der Waals surface area contributed by atoms with Crippen LogP contribution in [0.5, 0.6) is 0 Å². The summed E-state index contributed by atoms with van der Waals surface area (Å²) in [5.41, 5.74) is 1.16. The van der Waals surface area contributed by atoms with Crippen LogP contribution in [0.15, 0.2) is 29.3 Å². The van der Waals surface area contributed by atoms with E-state index in [1.54, 1.807) is 0 Å². The van der Waals surface area contributed by atoms with Gasteiger partial charge in [0.25, 0.3) is 0 Å². The minimum Gasteiger partial charge on any atom is -0.357 e. The second kappa shape index (κ2) is 14.8. The van der Waals surface area contributed by atoms with Crippen LogP contribution in [0.25, 0.3) is 0 Å². The molecule has 0 heterocycles. The van der Waals surface area contributed by atoms with Gasteiger partial charge in [-0.2, -0.15) is 0 Å². The Bertz CT molecular complexity index is 447. The van der Waals surface area contributed by atoms with Crippen molar-refractivity contribution in [2.24, 2.45) is 4.99 Å². The molecule has 0 atom stereocenters. The van der Waals surface area contributed by atoms with Crippen LogP contribution >= 0.6 is 35.6 Å². The summed E-state index contributed by atoms with van der Waals surface area (Å²) in [4.78, 5) is 7.08. The first-order valence-electron chi connectivity index (χ1n) is 8.68. The van der Waals surface area contributed by atoms with Crippen molar-refractivity contribution in [2.75, 3.05) is 32.7 Å². The lowest BCUT2D eigenvalue weighted by molar-refractivity contribution is 0.297. The molecule has 0 saturated carbocycles. The Morgan fingerprint density at radius 1 is 1.04 bits per heavy atom. The Balaban J connectivity index is 0.00000529. The maximum Gasteiger partial charge on any atom is 0.191 e. The van der Waals surface area contributed by atoms with Crippen LogP contribution in [0.3, 0.4) is 0 Å². The highest BCUT2D eigenvalue weighted by Gasteiger charge is 2.00. The van der Waals surface area contributed by atoms with E-state index in [-0.39, 0.29) is 24.0 Å². The van der Waals surface area contributed by atoms with E-state index in [0.29, 0.717) is 6.54 Å². The molecule has 0 amide bonds. The third-order valence-electron chi connectivity index (χ3n) is 3.77. The van der Waals surface area contributed by atoms with Crippen molar-refractivity contribution < 1.29 is 0 Å². The van der Waals surface area contributed by atoms with Crippen molar-refractivity contribution in [1.29, 1.82) is 0 Å². The Morgan fingerprint density at radius 3 is 2.29 bits per heavy atom. The third-order valence-corrected chi connectivity index (χ3v) is 4.02. The van der Waals surface area contributed by atoms with Gasteiger partial charge in [-0.1, -0.05) is 37.6 Å². The SMILES string of the molecule is CCNC(=NCc1ccc(Cl)cc1)NCCCCN(CC)CC.I. The first kappa shape index (κ1) is 23.5. The molecule has 0 radical (unpaired) electrons. The molecule has 0 spiro atoms. The van der Waals surface area contributed by atoms with Gasteiger partial charge in [0.05, 0.1) is 6.54 Å². The molecule has 0 aliphatic heterocycles. The highest BCUT2D eigenvalue weighted by Crippen LogP contribution is 2.10. The molecule has 6 heteroatoms. The molecule has 0 unspecified atom stereocenters. The zero-order chi connectivity index (χ0) is 16.9. The molecule has 24 heavy (non-hydrogen) atoms. The van der Waals surface area contributed by atoms with Gasteiger partial charge in [0.15, 0.2) is 5.96 Å². The fourth-order valence-corrected chi connectivity index (χ4v) is 2.43. The summed E-state index contributed by atoms with van der Waals surface area (Å²) in [5.74, 6) is 0.880. The van der Waals surface area contributed by atoms with Crippen LogP contribution in [0.2, 0.25) is 5.02 Å². The van der Waals surface area contributed by atoms with Gasteiger partial charge < -0.3 is 15.5 Å². The number of unbranched alkanes of at least 4 members (excludes halogenated alkanes) is 1. The van der Waals surface area contributed by atoms with Crippen LogP contribution in [-0.4, -0.2) is 43.6 Å². The van der Waals surface area contributed by atoms with Gasteiger partial charge in [-0.25, -0.2) is 4.99 Å². The lowest BCUT2D eigenvalue weighted by atomic mass is 10.2. The van der Waals surface area contributed by atoms with E-state index in [1.165, 1.54) is 13.0 Å². The topological polar surface area (TPSA) is 39.7 Å². The Morgan fingerprint density at radius 2 is 1.71 bits per heavy atom. The number of halogens is 2. The zero-order valence-corrected chi connectivity index (χ0v) is 18.2. The van der Waals surface area contributed by atoms with Crippen LogP contribution in [0.4, 0.5) is 0 Å². The van der Waals surface area contributed by atoms with Crippen molar-refractivity contribution in [2.45, 2.75) is 40.2 Å². The van der Waals surface area contributed by atoms with Crippen molar-refractivity contribution in [3.63, 3.8) is 0 Å². The van der Waals surface area contributed by atoms with E-state index >= 15 is 0 Å². The van der Waals surface area contributed by atoms with Crippen molar-refractivity contribution in [1.82, 2.24) is 15.5 Å². The van der Waals surface area contributed by atoms with E-state index in [2.05, 4.69) is 41.3 Å². The number of rotatable bonds is 10. The van der Waals surface area contributed by atoms with Crippen LogP contribution in [0.1, 0.15) is 39.2 Å². The number of hydrogen-bond acceptors (Lipinski definition) is 2. The van der Waals surface area contributed by atoms with E-state index in [4.69, 9.17) is 11.6 Å². The molecule has 138 valence electrons. The molecule has 4 nitrogen and oxygen atoms in total. The van der Waals surface area contributed by atoms with Crippen molar-refractivity contribution >= 4 is 41.5 Å². The smallest absolute Gasteiger partial charge is 0.191 e. The van der Waals surface area contributed by atoms with Gasteiger partial charge in [0.2, 0.25) is 0 Å². The van der Waals surface area contributed by atoms with Crippen LogP contribution in [-0.2, 0) is 6.54 Å². The average Bonchev–Trinajstić information content (AvgIpc) is 2.57. The normalized spacial score (nSPS) is 11.3. The first-order chi connectivity index (χ1) is 11.2. The number of nitrogens with one attached hydrogen (secondary N) is 2. The van der Waals surface area contributed by atoms with Crippen LogP contribution < -0.4 is 10.6 Å². The average molecular weight is 467 g/mol.